The van der Waals surface area contributed by atoms with Crippen LogP contribution in [0.25, 0.3) is 11.1 Å². The molecule has 0 amide bonds. The van der Waals surface area contributed by atoms with Crippen molar-refractivity contribution in [1.29, 1.82) is 5.26 Å². The van der Waals surface area contributed by atoms with Crippen molar-refractivity contribution in [2.45, 2.75) is 13.8 Å². The van der Waals surface area contributed by atoms with Crippen molar-refractivity contribution in [3.8, 4) is 22.9 Å². The van der Waals surface area contributed by atoms with Crippen LogP contribution >= 0.6 is 0 Å². The summed E-state index contributed by atoms with van der Waals surface area (Å²) in [5.41, 5.74) is 4.83. The second-order valence-electron chi connectivity index (χ2n) is 4.36. The summed E-state index contributed by atoms with van der Waals surface area (Å²) in [7, 11) is 1.65. The first kappa shape index (κ1) is 12.2. The van der Waals surface area contributed by atoms with Crippen molar-refractivity contribution in [1.82, 2.24) is 0 Å². The van der Waals surface area contributed by atoms with E-state index in [0.29, 0.717) is 5.56 Å². The van der Waals surface area contributed by atoms with Gasteiger partial charge in [-0.2, -0.15) is 5.26 Å². The lowest BCUT2D eigenvalue weighted by Gasteiger charge is -2.11. The maximum Gasteiger partial charge on any atom is 0.126 e. The molecule has 0 fully saturated rings. The van der Waals surface area contributed by atoms with Gasteiger partial charge in [-0.25, -0.2) is 0 Å². The Morgan fingerprint density at radius 2 is 1.61 bits per heavy atom. The lowest BCUT2D eigenvalue weighted by atomic mass is 9.96. The molecule has 0 aliphatic carbocycles. The molecule has 2 aromatic carbocycles. The molecule has 0 radical (unpaired) electrons. The molecule has 0 N–H and O–H groups in total. The molecule has 0 aromatic heterocycles. The summed E-state index contributed by atoms with van der Waals surface area (Å²) in [6, 6.07) is 14.1. The number of hydrogen-bond acceptors (Lipinski definition) is 2. The number of ether oxygens (including phenoxy) is 1. The van der Waals surface area contributed by atoms with Crippen molar-refractivity contribution in [3.63, 3.8) is 0 Å². The molecule has 2 rings (SSSR count). The fraction of sp³-hybridized carbons (Fsp3) is 0.188. The molecule has 90 valence electrons. The van der Waals surface area contributed by atoms with Crippen LogP contribution in [0, 0.1) is 25.2 Å². The summed E-state index contributed by atoms with van der Waals surface area (Å²) in [4.78, 5) is 0. The van der Waals surface area contributed by atoms with E-state index in [1.165, 1.54) is 0 Å². The first-order valence-corrected chi connectivity index (χ1v) is 5.81. The monoisotopic (exact) mass is 237 g/mol. The van der Waals surface area contributed by atoms with E-state index in [-0.39, 0.29) is 0 Å². The largest absolute Gasteiger partial charge is 0.496 e. The molecule has 0 aliphatic rings. The molecule has 0 spiro atoms. The summed E-state index contributed by atoms with van der Waals surface area (Å²) < 4.78 is 5.41. The van der Waals surface area contributed by atoms with Gasteiger partial charge < -0.3 is 4.74 Å². The van der Waals surface area contributed by atoms with Crippen molar-refractivity contribution in [2.75, 3.05) is 7.11 Å². The number of nitriles is 1. The van der Waals surface area contributed by atoms with Crippen LogP contribution in [-0.4, -0.2) is 7.11 Å². The summed E-state index contributed by atoms with van der Waals surface area (Å²) in [6.45, 7) is 4.04. The minimum Gasteiger partial charge on any atom is -0.496 e. The van der Waals surface area contributed by atoms with Gasteiger partial charge in [0.1, 0.15) is 5.75 Å². The van der Waals surface area contributed by atoms with Gasteiger partial charge in [0.2, 0.25) is 0 Å². The van der Waals surface area contributed by atoms with Crippen LogP contribution in [-0.2, 0) is 0 Å². The molecule has 0 heterocycles. The van der Waals surface area contributed by atoms with Gasteiger partial charge in [-0.05, 0) is 37.6 Å². The van der Waals surface area contributed by atoms with Gasteiger partial charge in [-0.1, -0.05) is 23.8 Å². The van der Waals surface area contributed by atoms with E-state index in [1.807, 2.05) is 50.2 Å². The van der Waals surface area contributed by atoms with Crippen LogP contribution < -0.4 is 4.74 Å². The Labute approximate surface area is 107 Å². The van der Waals surface area contributed by atoms with Crippen molar-refractivity contribution in [2.24, 2.45) is 0 Å². The fourth-order valence-electron chi connectivity index (χ4n) is 2.00. The molecule has 0 unspecified atom stereocenters. The van der Waals surface area contributed by atoms with Gasteiger partial charge in [0.05, 0.1) is 18.7 Å². The third-order valence-electron chi connectivity index (χ3n) is 2.94. The van der Waals surface area contributed by atoms with E-state index in [9.17, 15) is 5.26 Å². The van der Waals surface area contributed by atoms with E-state index in [1.54, 1.807) is 7.11 Å². The number of benzene rings is 2. The summed E-state index contributed by atoms with van der Waals surface area (Å²) in [5, 5.41) is 9.20. The van der Waals surface area contributed by atoms with Gasteiger partial charge >= 0.3 is 0 Å². The van der Waals surface area contributed by atoms with Crippen LogP contribution in [0.2, 0.25) is 0 Å². The molecule has 0 aliphatic heterocycles. The fourth-order valence-corrected chi connectivity index (χ4v) is 2.00. The first-order chi connectivity index (χ1) is 8.65. The molecule has 18 heavy (non-hydrogen) atoms. The molecule has 0 atom stereocenters. The van der Waals surface area contributed by atoms with Crippen LogP contribution in [0.5, 0.6) is 5.75 Å². The maximum atomic E-state index is 9.20. The molecule has 0 saturated heterocycles. The van der Waals surface area contributed by atoms with Crippen molar-refractivity contribution >= 4 is 0 Å². The molecule has 2 heteroatoms. The normalized spacial score (nSPS) is 9.89. The number of rotatable bonds is 2. The summed E-state index contributed by atoms with van der Waals surface area (Å²) in [6.07, 6.45) is 0. The summed E-state index contributed by atoms with van der Waals surface area (Å²) in [5.74, 6) is 0.803. The highest BCUT2D eigenvalue weighted by atomic mass is 16.5. The Hall–Kier alpha value is -2.27. The molecule has 0 saturated carbocycles. The average Bonchev–Trinajstić information content (AvgIpc) is 2.38. The molecule has 2 aromatic rings. The predicted molar refractivity (Wildman–Crippen MR) is 72.6 cm³/mol. The Morgan fingerprint density at radius 3 is 2.28 bits per heavy atom. The van der Waals surface area contributed by atoms with Crippen LogP contribution in [0.15, 0.2) is 36.4 Å². The van der Waals surface area contributed by atoms with E-state index in [2.05, 4.69) is 6.07 Å². The van der Waals surface area contributed by atoms with Crippen molar-refractivity contribution < 1.29 is 4.74 Å². The van der Waals surface area contributed by atoms with Crippen LogP contribution in [0.4, 0.5) is 0 Å². The standard InChI is InChI=1S/C16H15NO/c1-11-4-6-13(10-17)15(8-11)14-7-5-12(2)9-16(14)18-3/h4-9H,1-3H3. The minimum absolute atomic E-state index is 0.669. The predicted octanol–water partition coefficient (Wildman–Crippen LogP) is 3.85. The zero-order valence-electron chi connectivity index (χ0n) is 10.8. The van der Waals surface area contributed by atoms with E-state index in [4.69, 9.17) is 4.74 Å². The third-order valence-corrected chi connectivity index (χ3v) is 2.94. The van der Waals surface area contributed by atoms with E-state index in [0.717, 1.165) is 28.0 Å². The Morgan fingerprint density at radius 1 is 0.944 bits per heavy atom. The van der Waals surface area contributed by atoms with Gasteiger partial charge in [-0.15, -0.1) is 0 Å². The minimum atomic E-state index is 0.669. The van der Waals surface area contributed by atoms with Gasteiger partial charge in [0.25, 0.3) is 0 Å². The number of methoxy groups -OCH3 is 1. The maximum absolute atomic E-state index is 9.20. The molecular weight excluding hydrogens is 222 g/mol. The third kappa shape index (κ3) is 2.21. The number of hydrogen-bond donors (Lipinski definition) is 0. The SMILES string of the molecule is COc1cc(C)ccc1-c1cc(C)ccc1C#N. The van der Waals surface area contributed by atoms with Gasteiger partial charge in [0, 0.05) is 11.1 Å². The lowest BCUT2D eigenvalue weighted by molar-refractivity contribution is 0.416. The second kappa shape index (κ2) is 4.93. The second-order valence-corrected chi connectivity index (χ2v) is 4.36. The Balaban J connectivity index is 2.69. The van der Waals surface area contributed by atoms with Gasteiger partial charge in [-0.3, -0.25) is 0 Å². The number of nitrogens with zero attached hydrogens (tertiary/aromatic N) is 1. The Kier molecular flexibility index (Phi) is 3.34. The highest BCUT2D eigenvalue weighted by Gasteiger charge is 2.10. The van der Waals surface area contributed by atoms with Gasteiger partial charge in [0.15, 0.2) is 0 Å². The molecular formula is C16H15NO. The first-order valence-electron chi connectivity index (χ1n) is 5.81. The smallest absolute Gasteiger partial charge is 0.126 e. The summed E-state index contributed by atoms with van der Waals surface area (Å²) >= 11 is 0. The highest BCUT2D eigenvalue weighted by molar-refractivity contribution is 5.76. The van der Waals surface area contributed by atoms with E-state index < -0.39 is 0 Å². The molecule has 0 bridgehead atoms. The van der Waals surface area contributed by atoms with E-state index >= 15 is 0 Å². The topological polar surface area (TPSA) is 33.0 Å². The molecule has 2 nitrogen and oxygen atoms in total. The lowest BCUT2D eigenvalue weighted by Crippen LogP contribution is -1.92. The van der Waals surface area contributed by atoms with Crippen LogP contribution in [0.3, 0.4) is 0 Å². The highest BCUT2D eigenvalue weighted by Crippen LogP contribution is 2.33. The number of aryl methyl sites for hydroxylation is 2. The zero-order chi connectivity index (χ0) is 13.1. The van der Waals surface area contributed by atoms with Crippen LogP contribution in [0.1, 0.15) is 16.7 Å². The Bertz CT molecular complexity index is 623. The average molecular weight is 237 g/mol. The zero-order valence-corrected chi connectivity index (χ0v) is 10.8. The van der Waals surface area contributed by atoms with Crippen molar-refractivity contribution in [3.05, 3.63) is 53.1 Å². The quantitative estimate of drug-likeness (QED) is 0.794.